The summed E-state index contributed by atoms with van der Waals surface area (Å²) in [5, 5.41) is 2.92. The van der Waals surface area contributed by atoms with Crippen molar-refractivity contribution in [2.75, 3.05) is 44.6 Å². The minimum absolute atomic E-state index is 0.155. The Kier molecular flexibility index (Phi) is 7.33. The zero-order valence-electron chi connectivity index (χ0n) is 17.5. The van der Waals surface area contributed by atoms with Gasteiger partial charge in [-0.2, -0.15) is 0 Å². The van der Waals surface area contributed by atoms with Crippen molar-refractivity contribution in [3.8, 4) is 5.75 Å². The molecule has 162 valence electrons. The third-order valence-electron chi connectivity index (χ3n) is 5.33. The minimum Gasteiger partial charge on any atom is -0.497 e. The molecule has 0 aliphatic carbocycles. The van der Waals surface area contributed by atoms with Gasteiger partial charge in [-0.3, -0.25) is 9.10 Å². The quantitative estimate of drug-likeness (QED) is 0.618. The van der Waals surface area contributed by atoms with E-state index in [0.717, 1.165) is 26.1 Å². The number of likely N-dealkylation sites (tertiary alicyclic amines) is 1. The van der Waals surface area contributed by atoms with Gasteiger partial charge in [-0.25, -0.2) is 8.42 Å². The van der Waals surface area contributed by atoms with Crippen molar-refractivity contribution in [2.24, 2.45) is 0 Å². The van der Waals surface area contributed by atoms with E-state index >= 15 is 0 Å². The average Bonchev–Trinajstić information content (AvgIpc) is 3.29. The zero-order valence-corrected chi connectivity index (χ0v) is 18.3. The maximum Gasteiger partial charge on any atom is 0.264 e. The van der Waals surface area contributed by atoms with Crippen molar-refractivity contribution < 1.29 is 17.9 Å². The van der Waals surface area contributed by atoms with Crippen molar-refractivity contribution >= 4 is 21.6 Å². The Bertz CT molecular complexity index is 955. The second-order valence-electron chi connectivity index (χ2n) is 7.36. The van der Waals surface area contributed by atoms with Crippen LogP contribution in [0.15, 0.2) is 53.4 Å². The molecule has 3 rings (SSSR count). The molecule has 2 aromatic carbocycles. The number of benzene rings is 2. The van der Waals surface area contributed by atoms with Crippen LogP contribution >= 0.6 is 0 Å². The number of ether oxygens (including phenoxy) is 1. The normalized spacial score (nSPS) is 14.5. The minimum atomic E-state index is -3.75. The van der Waals surface area contributed by atoms with E-state index in [1.54, 1.807) is 36.4 Å². The van der Waals surface area contributed by atoms with Crippen LogP contribution < -0.4 is 14.4 Å². The van der Waals surface area contributed by atoms with Crippen LogP contribution in [-0.4, -0.2) is 59.6 Å². The first-order valence-electron chi connectivity index (χ1n) is 10.2. The van der Waals surface area contributed by atoms with E-state index in [0.29, 0.717) is 23.5 Å². The summed E-state index contributed by atoms with van der Waals surface area (Å²) < 4.78 is 32.1. The van der Waals surface area contributed by atoms with Gasteiger partial charge in [0, 0.05) is 19.2 Å². The van der Waals surface area contributed by atoms with Gasteiger partial charge in [0.2, 0.25) is 0 Å². The predicted octanol–water partition coefficient (Wildman–Crippen LogP) is 2.74. The van der Waals surface area contributed by atoms with Crippen molar-refractivity contribution in [3.05, 3.63) is 54.1 Å². The first-order chi connectivity index (χ1) is 14.4. The summed E-state index contributed by atoms with van der Waals surface area (Å²) >= 11 is 0. The van der Waals surface area contributed by atoms with Gasteiger partial charge in [-0.15, -0.1) is 0 Å². The Morgan fingerprint density at radius 3 is 2.50 bits per heavy atom. The molecule has 0 radical (unpaired) electrons. The highest BCUT2D eigenvalue weighted by Gasteiger charge is 2.22. The van der Waals surface area contributed by atoms with E-state index in [1.807, 2.05) is 0 Å². The monoisotopic (exact) mass is 431 g/mol. The number of sulfonamides is 1. The molecule has 1 fully saturated rings. The summed E-state index contributed by atoms with van der Waals surface area (Å²) in [6.45, 7) is 3.87. The lowest BCUT2D eigenvalue weighted by Crippen LogP contribution is -2.29. The van der Waals surface area contributed by atoms with Gasteiger partial charge < -0.3 is 15.0 Å². The maximum absolute atomic E-state index is 12.9. The Morgan fingerprint density at radius 2 is 1.83 bits per heavy atom. The van der Waals surface area contributed by atoms with Gasteiger partial charge in [0.1, 0.15) is 5.75 Å². The summed E-state index contributed by atoms with van der Waals surface area (Å²) in [7, 11) is -0.744. The maximum atomic E-state index is 12.9. The summed E-state index contributed by atoms with van der Waals surface area (Å²) in [4.78, 5) is 15.1. The molecule has 1 aliphatic rings. The molecule has 0 bridgehead atoms. The number of hydrogen-bond donors (Lipinski definition) is 1. The molecule has 1 saturated heterocycles. The topological polar surface area (TPSA) is 79.0 Å². The average molecular weight is 432 g/mol. The lowest BCUT2D eigenvalue weighted by molar-refractivity contribution is 0.0952. The van der Waals surface area contributed by atoms with E-state index in [-0.39, 0.29) is 10.8 Å². The number of anilines is 1. The first kappa shape index (κ1) is 22.1. The molecule has 0 atom stereocenters. The van der Waals surface area contributed by atoms with E-state index in [1.165, 1.54) is 43.4 Å². The molecule has 30 heavy (non-hydrogen) atoms. The summed E-state index contributed by atoms with van der Waals surface area (Å²) in [5.41, 5.74) is 0.862. The van der Waals surface area contributed by atoms with Gasteiger partial charge in [-0.1, -0.05) is 6.07 Å². The molecule has 1 heterocycles. The lowest BCUT2D eigenvalue weighted by atomic mass is 10.2. The van der Waals surface area contributed by atoms with Crippen LogP contribution in [0.3, 0.4) is 0 Å². The van der Waals surface area contributed by atoms with Crippen molar-refractivity contribution in [1.82, 2.24) is 10.2 Å². The van der Waals surface area contributed by atoms with Crippen LogP contribution in [0.4, 0.5) is 5.69 Å². The van der Waals surface area contributed by atoms with Crippen LogP contribution in [0.25, 0.3) is 0 Å². The van der Waals surface area contributed by atoms with Gasteiger partial charge >= 0.3 is 0 Å². The molecule has 7 nitrogen and oxygen atoms in total. The summed E-state index contributed by atoms with van der Waals surface area (Å²) in [6.07, 6.45) is 3.41. The van der Waals surface area contributed by atoms with Crippen LogP contribution in [0.1, 0.15) is 29.6 Å². The van der Waals surface area contributed by atoms with Crippen molar-refractivity contribution in [3.63, 3.8) is 0 Å². The molecule has 2 aromatic rings. The number of rotatable bonds is 9. The lowest BCUT2D eigenvalue weighted by Gasteiger charge is -2.20. The molecule has 1 amide bonds. The number of amides is 1. The number of methoxy groups -OCH3 is 1. The molecule has 1 aliphatic heterocycles. The summed E-state index contributed by atoms with van der Waals surface area (Å²) in [5.74, 6) is 0.383. The molecular formula is C22H29N3O4S. The fourth-order valence-corrected chi connectivity index (χ4v) is 4.69. The van der Waals surface area contributed by atoms with Gasteiger partial charge in [0.05, 0.1) is 17.7 Å². The fourth-order valence-electron chi connectivity index (χ4n) is 3.50. The molecular weight excluding hydrogens is 402 g/mol. The standard InChI is InChI=1S/C22H29N3O4S/c1-24(30(27,28)21-11-9-20(29-2)10-12-21)19-8-5-7-18(17-19)22(26)23-13-6-16-25-14-3-4-15-25/h5,7-12,17H,3-4,6,13-16H2,1-2H3,(H,23,26). The first-order valence-corrected chi connectivity index (χ1v) is 11.6. The number of nitrogens with one attached hydrogen (secondary N) is 1. The van der Waals surface area contributed by atoms with Gasteiger partial charge in [0.25, 0.3) is 15.9 Å². The van der Waals surface area contributed by atoms with Crippen LogP contribution in [-0.2, 0) is 10.0 Å². The highest BCUT2D eigenvalue weighted by atomic mass is 32.2. The van der Waals surface area contributed by atoms with Gasteiger partial charge in [0.15, 0.2) is 0 Å². The predicted molar refractivity (Wildman–Crippen MR) is 118 cm³/mol. The van der Waals surface area contributed by atoms with E-state index in [9.17, 15) is 13.2 Å². The molecule has 0 saturated carbocycles. The highest BCUT2D eigenvalue weighted by Crippen LogP contribution is 2.24. The number of hydrogen-bond acceptors (Lipinski definition) is 5. The number of carbonyl (C=O) groups excluding carboxylic acids is 1. The Morgan fingerprint density at radius 1 is 1.13 bits per heavy atom. The Hall–Kier alpha value is -2.58. The zero-order chi connectivity index (χ0) is 21.6. The second kappa shape index (κ2) is 9.95. The van der Waals surface area contributed by atoms with E-state index in [2.05, 4.69) is 10.2 Å². The molecule has 0 unspecified atom stereocenters. The van der Waals surface area contributed by atoms with Crippen molar-refractivity contribution in [2.45, 2.75) is 24.2 Å². The Balaban J connectivity index is 1.63. The highest BCUT2D eigenvalue weighted by molar-refractivity contribution is 7.92. The molecule has 1 N–H and O–H groups in total. The summed E-state index contributed by atoms with van der Waals surface area (Å²) in [6, 6.07) is 12.9. The molecule has 8 heteroatoms. The Labute approximate surface area is 178 Å². The fraction of sp³-hybridized carbons (Fsp3) is 0.409. The smallest absolute Gasteiger partial charge is 0.264 e. The third-order valence-corrected chi connectivity index (χ3v) is 7.12. The van der Waals surface area contributed by atoms with Crippen LogP contribution in [0, 0.1) is 0 Å². The second-order valence-corrected chi connectivity index (χ2v) is 9.33. The largest absolute Gasteiger partial charge is 0.497 e. The van der Waals surface area contributed by atoms with E-state index < -0.39 is 10.0 Å². The number of nitrogens with zero attached hydrogens (tertiary/aromatic N) is 2. The van der Waals surface area contributed by atoms with Crippen LogP contribution in [0.2, 0.25) is 0 Å². The van der Waals surface area contributed by atoms with Crippen LogP contribution in [0.5, 0.6) is 5.75 Å². The van der Waals surface area contributed by atoms with Gasteiger partial charge in [-0.05, 0) is 81.4 Å². The third kappa shape index (κ3) is 5.31. The molecule has 0 aromatic heterocycles. The molecule has 0 spiro atoms. The van der Waals surface area contributed by atoms with Crippen molar-refractivity contribution in [1.29, 1.82) is 0 Å². The SMILES string of the molecule is COc1ccc(S(=O)(=O)N(C)c2cccc(C(=O)NCCCN3CCCC3)c2)cc1. The van der Waals surface area contributed by atoms with E-state index in [4.69, 9.17) is 4.74 Å². The number of carbonyl (C=O) groups is 1.